The van der Waals surface area contributed by atoms with Crippen molar-refractivity contribution in [3.05, 3.63) is 0 Å². The maximum atomic E-state index is 11.4. The molecular weight excluding hydrogens is 130 g/mol. The quantitative estimate of drug-likeness (QED) is 0.504. The molecule has 0 saturated carbocycles. The van der Waals surface area contributed by atoms with E-state index in [-0.39, 0.29) is 5.16 Å². The summed E-state index contributed by atoms with van der Waals surface area (Å²) in [6.07, 6.45) is 0. The first-order valence-corrected chi connectivity index (χ1v) is 4.55. The van der Waals surface area contributed by atoms with Gasteiger partial charge in [0.05, 0.1) is 11.8 Å². The van der Waals surface area contributed by atoms with Gasteiger partial charge in [0.15, 0.2) is 0 Å². The van der Waals surface area contributed by atoms with E-state index < -0.39 is 0 Å². The Morgan fingerprint density at radius 1 is 1.43 bits per heavy atom. The molecule has 0 radical (unpaired) electrons. The summed E-state index contributed by atoms with van der Waals surface area (Å²) in [7, 11) is 0.374. The lowest BCUT2D eigenvalue weighted by molar-refractivity contribution is 0.800. The second-order valence-corrected chi connectivity index (χ2v) is 5.36. The van der Waals surface area contributed by atoms with E-state index >= 15 is 0 Å². The second kappa shape index (κ2) is 2.88. The molecule has 3 heteroatoms. The molecule has 0 aliphatic heterocycles. The van der Waals surface area contributed by atoms with Crippen LogP contribution in [-0.2, 0) is 0 Å². The second-order valence-electron chi connectivity index (χ2n) is 2.43. The molecule has 0 amide bonds. The van der Waals surface area contributed by atoms with Crippen LogP contribution in [-0.4, -0.2) is 5.16 Å². The number of hydrogen-bond donors (Lipinski definition) is 0. The molecule has 0 aliphatic rings. The molecular formula is C4H10FPS. The third-order valence-corrected chi connectivity index (χ3v) is 3.10. The zero-order valence-corrected chi connectivity index (χ0v) is 6.60. The van der Waals surface area contributed by atoms with Gasteiger partial charge in [0, 0.05) is 0 Å². The average molecular weight is 140 g/mol. The number of halogens is 1. The van der Waals surface area contributed by atoms with E-state index in [1.54, 1.807) is 0 Å². The Balaban J connectivity index is 3.15. The van der Waals surface area contributed by atoms with Crippen molar-refractivity contribution in [2.75, 3.05) is 0 Å². The molecule has 0 heterocycles. The third kappa shape index (κ3) is 6.71. The molecule has 0 N–H and O–H groups in total. The van der Waals surface area contributed by atoms with Gasteiger partial charge in [-0.2, -0.15) is 3.89 Å². The van der Waals surface area contributed by atoms with Crippen LogP contribution in [0.3, 0.4) is 0 Å². The summed E-state index contributed by atoms with van der Waals surface area (Å²) in [6, 6.07) is 0. The maximum absolute atomic E-state index is 11.4. The summed E-state index contributed by atoms with van der Waals surface area (Å²) in [5.41, 5.74) is 0. The minimum absolute atomic E-state index is 0.166. The molecule has 0 nitrogen and oxygen atoms in total. The van der Waals surface area contributed by atoms with E-state index in [9.17, 15) is 3.89 Å². The van der Waals surface area contributed by atoms with Gasteiger partial charge in [0.25, 0.3) is 0 Å². The van der Waals surface area contributed by atoms with Gasteiger partial charge in [-0.15, -0.1) is 0 Å². The van der Waals surface area contributed by atoms with Crippen molar-refractivity contribution >= 4 is 19.6 Å². The van der Waals surface area contributed by atoms with Crippen molar-refractivity contribution in [3.63, 3.8) is 0 Å². The molecule has 0 saturated heterocycles. The van der Waals surface area contributed by atoms with Crippen LogP contribution in [0.5, 0.6) is 0 Å². The van der Waals surface area contributed by atoms with Crippen LogP contribution in [0.1, 0.15) is 20.8 Å². The SMILES string of the molecule is CC(C)(C)PSF. The van der Waals surface area contributed by atoms with Gasteiger partial charge in [-0.05, 0) is 12.9 Å². The van der Waals surface area contributed by atoms with Crippen molar-refractivity contribution in [2.24, 2.45) is 0 Å². The highest BCUT2D eigenvalue weighted by Gasteiger charge is 2.08. The highest BCUT2D eigenvalue weighted by atomic mass is 32.7. The summed E-state index contributed by atoms with van der Waals surface area (Å²) in [5, 5.41) is 0.166. The molecule has 0 aromatic rings. The van der Waals surface area contributed by atoms with E-state index in [1.165, 1.54) is 0 Å². The van der Waals surface area contributed by atoms with Gasteiger partial charge < -0.3 is 0 Å². The standard InChI is InChI=1S/C4H10FPS/c1-4(2,3)6-7-5/h6H,1-3H3. The smallest absolute Gasteiger partial charge is 0.0673 e. The lowest BCUT2D eigenvalue weighted by atomic mass is 10.3. The van der Waals surface area contributed by atoms with Gasteiger partial charge in [0.2, 0.25) is 0 Å². The van der Waals surface area contributed by atoms with E-state index in [0.717, 1.165) is 0 Å². The molecule has 0 bridgehead atoms. The third-order valence-electron chi connectivity index (χ3n) is 0.345. The summed E-state index contributed by atoms with van der Waals surface area (Å²) in [6.45, 7) is 6.08. The van der Waals surface area contributed by atoms with Gasteiger partial charge in [-0.1, -0.05) is 20.8 Å². The predicted molar refractivity (Wildman–Crippen MR) is 36.8 cm³/mol. The van der Waals surface area contributed by atoms with Crippen molar-refractivity contribution in [2.45, 2.75) is 25.9 Å². The molecule has 0 aliphatic carbocycles. The molecule has 7 heavy (non-hydrogen) atoms. The van der Waals surface area contributed by atoms with Crippen molar-refractivity contribution in [1.82, 2.24) is 0 Å². The molecule has 0 aromatic carbocycles. The van der Waals surface area contributed by atoms with Crippen molar-refractivity contribution in [1.29, 1.82) is 0 Å². The van der Waals surface area contributed by atoms with Crippen LogP contribution in [0, 0.1) is 0 Å². The maximum Gasteiger partial charge on any atom is 0.0673 e. The molecule has 0 aromatic heterocycles. The normalized spacial score (nSPS) is 13.7. The minimum Gasteiger partial charge on any atom is -0.161 e. The lowest BCUT2D eigenvalue weighted by Crippen LogP contribution is -2.01. The topological polar surface area (TPSA) is 0 Å². The number of hydrogen-bond acceptors (Lipinski definition) is 1. The first-order valence-electron chi connectivity index (χ1n) is 2.11. The summed E-state index contributed by atoms with van der Waals surface area (Å²) in [5.74, 6) is 0. The van der Waals surface area contributed by atoms with Crippen LogP contribution >= 0.6 is 19.6 Å². The largest absolute Gasteiger partial charge is 0.161 e. The average Bonchev–Trinajstić information content (AvgIpc) is 1.30. The van der Waals surface area contributed by atoms with Crippen LogP contribution < -0.4 is 0 Å². The van der Waals surface area contributed by atoms with Crippen LogP contribution in [0.15, 0.2) is 0 Å². The van der Waals surface area contributed by atoms with Gasteiger partial charge in [0.1, 0.15) is 0 Å². The molecule has 44 valence electrons. The van der Waals surface area contributed by atoms with Crippen molar-refractivity contribution < 1.29 is 3.89 Å². The first-order chi connectivity index (χ1) is 3.06. The molecule has 0 spiro atoms. The van der Waals surface area contributed by atoms with Crippen LogP contribution in [0.4, 0.5) is 3.89 Å². The van der Waals surface area contributed by atoms with Crippen LogP contribution in [0.25, 0.3) is 0 Å². The fraction of sp³-hybridized carbons (Fsp3) is 1.00. The fourth-order valence-electron chi connectivity index (χ4n) is 0.116. The Labute approximate surface area is 50.1 Å². The Kier molecular flexibility index (Phi) is 3.18. The Morgan fingerprint density at radius 3 is 1.86 bits per heavy atom. The minimum atomic E-state index is 0.166. The van der Waals surface area contributed by atoms with Gasteiger partial charge >= 0.3 is 0 Å². The fourth-order valence-corrected chi connectivity index (χ4v) is 1.04. The van der Waals surface area contributed by atoms with E-state index in [4.69, 9.17) is 0 Å². The Bertz CT molecular complexity index is 50.1. The summed E-state index contributed by atoms with van der Waals surface area (Å²) in [4.78, 5) is 0. The summed E-state index contributed by atoms with van der Waals surface area (Å²) < 4.78 is 11.4. The molecule has 1 atom stereocenters. The van der Waals surface area contributed by atoms with E-state index in [1.807, 2.05) is 20.8 Å². The first kappa shape index (κ1) is 7.71. The van der Waals surface area contributed by atoms with Crippen molar-refractivity contribution in [3.8, 4) is 0 Å². The Morgan fingerprint density at radius 2 is 1.86 bits per heavy atom. The summed E-state index contributed by atoms with van der Waals surface area (Å²) >= 11 is 0.436. The Hall–Kier alpha value is 0.710. The zero-order valence-electron chi connectivity index (χ0n) is 4.79. The highest BCUT2D eigenvalue weighted by Crippen LogP contribution is 2.42. The predicted octanol–water partition coefficient (Wildman–Crippen LogP) is 3.00. The number of rotatable bonds is 1. The van der Waals surface area contributed by atoms with Gasteiger partial charge in [-0.25, -0.2) is 0 Å². The van der Waals surface area contributed by atoms with Crippen LogP contribution in [0.2, 0.25) is 0 Å². The molecule has 0 fully saturated rings. The highest BCUT2D eigenvalue weighted by molar-refractivity contribution is 8.47. The molecule has 0 rings (SSSR count). The van der Waals surface area contributed by atoms with E-state index in [2.05, 4.69) is 0 Å². The van der Waals surface area contributed by atoms with Gasteiger partial charge in [-0.3, -0.25) is 0 Å². The molecule has 1 unspecified atom stereocenters. The zero-order chi connectivity index (χ0) is 5.91. The van der Waals surface area contributed by atoms with E-state index in [0.29, 0.717) is 19.6 Å². The monoisotopic (exact) mass is 140 g/mol. The lowest BCUT2D eigenvalue weighted by Gasteiger charge is -2.12.